The lowest BCUT2D eigenvalue weighted by Gasteiger charge is -2.35. The van der Waals surface area contributed by atoms with Gasteiger partial charge in [-0.1, -0.05) is 13.8 Å². The predicted molar refractivity (Wildman–Crippen MR) is 91.9 cm³/mol. The van der Waals surface area contributed by atoms with E-state index in [9.17, 15) is 21.6 Å². The second kappa shape index (κ2) is 7.38. The molecular weight excluding hydrogens is 357 g/mol. The normalized spacial score (nSPS) is 18.2. The first kappa shape index (κ1) is 19.8. The highest BCUT2D eigenvalue weighted by Gasteiger charge is 2.34. The predicted octanol–water partition coefficient (Wildman–Crippen LogP) is 2.24. The molecule has 0 aromatic heterocycles. The van der Waals surface area contributed by atoms with Crippen molar-refractivity contribution in [2.24, 2.45) is 0 Å². The lowest BCUT2D eigenvalue weighted by Crippen LogP contribution is -2.48. The van der Waals surface area contributed by atoms with Crippen molar-refractivity contribution in [1.82, 2.24) is 9.73 Å². The second-order valence-electron chi connectivity index (χ2n) is 5.65. The summed E-state index contributed by atoms with van der Waals surface area (Å²) in [6.45, 7) is 5.69. The molecule has 1 saturated heterocycles. The molecule has 1 aromatic carbocycles. The van der Waals surface area contributed by atoms with Gasteiger partial charge in [0.2, 0.25) is 10.0 Å². The Bertz CT molecular complexity index is 714. The van der Waals surface area contributed by atoms with Gasteiger partial charge >= 0.3 is 6.18 Å². The van der Waals surface area contributed by atoms with Crippen molar-refractivity contribution < 1.29 is 21.6 Å². The highest BCUT2D eigenvalue weighted by Crippen LogP contribution is 2.39. The zero-order chi connectivity index (χ0) is 18.8. The summed E-state index contributed by atoms with van der Waals surface area (Å²) in [5, 5.41) is 0. The second-order valence-corrected chi connectivity index (χ2v) is 7.63. The van der Waals surface area contributed by atoms with Gasteiger partial charge in [0.25, 0.3) is 0 Å². The van der Waals surface area contributed by atoms with Gasteiger partial charge in [-0.15, -0.1) is 0 Å². The fourth-order valence-corrected chi connectivity index (χ4v) is 3.71. The average Bonchev–Trinajstić information content (AvgIpc) is 3.03. The molecule has 0 saturated carbocycles. The molecule has 2 aliphatic heterocycles. The largest absolute Gasteiger partial charge is 0.416 e. The maximum Gasteiger partial charge on any atom is 0.416 e. The number of hydrogen-bond acceptors (Lipinski definition) is 5. The summed E-state index contributed by atoms with van der Waals surface area (Å²) in [4.78, 5) is 1.81. The zero-order valence-corrected chi connectivity index (χ0v) is 15.3. The van der Waals surface area contributed by atoms with Crippen LogP contribution in [0.3, 0.4) is 0 Å². The summed E-state index contributed by atoms with van der Waals surface area (Å²) in [5.74, 6) is 0. The van der Waals surface area contributed by atoms with Crippen molar-refractivity contribution in [3.05, 3.63) is 23.3 Å². The first-order valence-electron chi connectivity index (χ1n) is 8.09. The first-order chi connectivity index (χ1) is 11.7. The maximum atomic E-state index is 13.1. The van der Waals surface area contributed by atoms with Crippen LogP contribution in [0, 0.1) is 0 Å². The van der Waals surface area contributed by atoms with E-state index >= 15 is 0 Å². The molecule has 25 heavy (non-hydrogen) atoms. The molecule has 3 rings (SSSR count). The fourth-order valence-electron chi connectivity index (χ4n) is 2.89. The number of halogens is 3. The number of fused-ring (bicyclic) bond motifs is 1. The molecule has 10 heteroatoms. The molecule has 1 aromatic rings. The number of nitrogens with zero attached hydrogens (tertiary/aromatic N) is 2. The fraction of sp³-hybridized carbons (Fsp3) is 0.600. The SMILES string of the molecule is CC.CS(=O)(=O)N1CCN(c2cc(C(F)(F)F)cc3c2CNN3)CC1. The van der Waals surface area contributed by atoms with E-state index in [-0.39, 0.29) is 13.1 Å². The molecule has 0 radical (unpaired) electrons. The van der Waals surface area contributed by atoms with E-state index in [1.807, 2.05) is 18.7 Å². The van der Waals surface area contributed by atoms with E-state index < -0.39 is 21.8 Å². The quantitative estimate of drug-likeness (QED) is 0.824. The van der Waals surface area contributed by atoms with Gasteiger partial charge in [0.05, 0.1) is 17.5 Å². The van der Waals surface area contributed by atoms with Gasteiger partial charge < -0.3 is 10.3 Å². The van der Waals surface area contributed by atoms with Gasteiger partial charge in [-0.05, 0) is 12.1 Å². The van der Waals surface area contributed by atoms with Crippen LogP contribution in [0.4, 0.5) is 24.5 Å². The molecule has 2 heterocycles. The number of rotatable bonds is 2. The minimum atomic E-state index is -4.43. The van der Waals surface area contributed by atoms with Crippen LogP contribution in [0.5, 0.6) is 0 Å². The lowest BCUT2D eigenvalue weighted by atomic mass is 10.0. The number of piperazine rings is 1. The smallest absolute Gasteiger partial charge is 0.369 e. The Morgan fingerprint density at radius 2 is 1.68 bits per heavy atom. The minimum absolute atomic E-state index is 0.269. The third-order valence-corrected chi connectivity index (χ3v) is 5.39. The molecule has 2 N–H and O–H groups in total. The third kappa shape index (κ3) is 4.36. The van der Waals surface area contributed by atoms with Gasteiger partial charge in [-0.25, -0.2) is 13.8 Å². The highest BCUT2D eigenvalue weighted by atomic mass is 32.2. The van der Waals surface area contributed by atoms with Crippen molar-refractivity contribution in [3.63, 3.8) is 0 Å². The molecular formula is C15H23F3N4O2S. The zero-order valence-electron chi connectivity index (χ0n) is 14.4. The summed E-state index contributed by atoms with van der Waals surface area (Å²) in [6, 6.07) is 2.23. The minimum Gasteiger partial charge on any atom is -0.369 e. The summed E-state index contributed by atoms with van der Waals surface area (Å²) in [6.07, 6.45) is -3.29. The maximum absolute atomic E-state index is 13.1. The molecule has 1 fully saturated rings. The number of hydrazine groups is 1. The Morgan fingerprint density at radius 3 is 2.20 bits per heavy atom. The monoisotopic (exact) mass is 380 g/mol. The van der Waals surface area contributed by atoms with Gasteiger partial charge in [0, 0.05) is 44.0 Å². The van der Waals surface area contributed by atoms with Crippen molar-refractivity contribution in [2.45, 2.75) is 26.6 Å². The van der Waals surface area contributed by atoms with Crippen LogP contribution < -0.4 is 15.8 Å². The van der Waals surface area contributed by atoms with Crippen molar-refractivity contribution in [3.8, 4) is 0 Å². The summed E-state index contributed by atoms with van der Waals surface area (Å²) < 4.78 is 63.6. The first-order valence-corrected chi connectivity index (χ1v) is 9.94. The Kier molecular flexibility index (Phi) is 5.85. The van der Waals surface area contributed by atoms with Crippen LogP contribution >= 0.6 is 0 Å². The number of sulfonamides is 1. The number of hydrogen-bond donors (Lipinski definition) is 2. The standard InChI is InChI=1S/C13H17F3N4O2S.C2H6/c1-23(21,22)20-4-2-19(3-5-20)12-7-9(13(14,15)16)6-11-10(12)8-17-18-11;1-2/h6-7,17-18H,2-5,8H2,1H3;1-2H3. The van der Waals surface area contributed by atoms with Crippen molar-refractivity contribution in [2.75, 3.05) is 42.8 Å². The van der Waals surface area contributed by atoms with Crippen LogP contribution in [0.2, 0.25) is 0 Å². The van der Waals surface area contributed by atoms with Gasteiger partial charge in [0.1, 0.15) is 0 Å². The van der Waals surface area contributed by atoms with E-state index in [2.05, 4.69) is 10.9 Å². The van der Waals surface area contributed by atoms with E-state index in [0.717, 1.165) is 24.0 Å². The van der Waals surface area contributed by atoms with Gasteiger partial charge in [-0.3, -0.25) is 0 Å². The molecule has 6 nitrogen and oxygen atoms in total. The number of nitrogens with one attached hydrogen (secondary N) is 2. The van der Waals surface area contributed by atoms with Crippen LogP contribution in [0.15, 0.2) is 12.1 Å². The Balaban J connectivity index is 0.00000109. The Labute approximate surface area is 146 Å². The van der Waals surface area contributed by atoms with Gasteiger partial charge in [-0.2, -0.15) is 17.5 Å². The number of anilines is 2. The van der Waals surface area contributed by atoms with Crippen LogP contribution in [-0.4, -0.2) is 45.2 Å². The summed E-state index contributed by atoms with van der Waals surface area (Å²) >= 11 is 0. The summed E-state index contributed by atoms with van der Waals surface area (Å²) in [5.41, 5.74) is 6.54. The molecule has 2 aliphatic rings. The lowest BCUT2D eigenvalue weighted by molar-refractivity contribution is -0.137. The van der Waals surface area contributed by atoms with Crippen LogP contribution in [0.1, 0.15) is 25.0 Å². The van der Waals surface area contributed by atoms with Crippen molar-refractivity contribution in [1.29, 1.82) is 0 Å². The molecule has 0 atom stereocenters. The van der Waals surface area contributed by atoms with E-state index in [1.165, 1.54) is 4.31 Å². The van der Waals surface area contributed by atoms with E-state index in [0.29, 0.717) is 31.0 Å². The molecule has 0 spiro atoms. The molecule has 0 bridgehead atoms. The highest BCUT2D eigenvalue weighted by molar-refractivity contribution is 7.88. The van der Waals surface area contributed by atoms with E-state index in [1.54, 1.807) is 0 Å². The number of benzene rings is 1. The Hall–Kier alpha value is -1.52. The van der Waals surface area contributed by atoms with Gasteiger partial charge in [0.15, 0.2) is 0 Å². The third-order valence-electron chi connectivity index (χ3n) is 4.09. The molecule has 0 aliphatic carbocycles. The molecule has 0 amide bonds. The summed E-state index contributed by atoms with van der Waals surface area (Å²) in [7, 11) is -3.27. The average molecular weight is 380 g/mol. The number of alkyl halides is 3. The Morgan fingerprint density at radius 1 is 1.08 bits per heavy atom. The van der Waals surface area contributed by atoms with Crippen molar-refractivity contribution >= 4 is 21.4 Å². The van der Waals surface area contributed by atoms with E-state index in [4.69, 9.17) is 0 Å². The van der Waals surface area contributed by atoms with Crippen LogP contribution in [0.25, 0.3) is 0 Å². The molecule has 0 unspecified atom stereocenters. The van der Waals surface area contributed by atoms with Crippen LogP contribution in [-0.2, 0) is 22.7 Å². The topological polar surface area (TPSA) is 64.7 Å². The molecule has 142 valence electrons.